The molecule has 4 heteroatoms. The topological polar surface area (TPSA) is 0 Å². The molecule has 0 heterocycles. The van der Waals surface area contributed by atoms with Crippen molar-refractivity contribution in [3.8, 4) is 0 Å². The van der Waals surface area contributed by atoms with Gasteiger partial charge in [0.15, 0.2) is 0 Å². The molecule has 0 nitrogen and oxygen atoms in total. The number of rotatable bonds is 3. The minimum absolute atomic E-state index is 0.0497. The lowest BCUT2D eigenvalue weighted by Gasteiger charge is -2.11. The summed E-state index contributed by atoms with van der Waals surface area (Å²) in [5, 5.41) is 0. The zero-order valence-corrected chi connectivity index (χ0v) is 12.5. The summed E-state index contributed by atoms with van der Waals surface area (Å²) in [5.74, 6) is -0.521. The molecule has 18 heavy (non-hydrogen) atoms. The van der Waals surface area contributed by atoms with Crippen LogP contribution in [0.2, 0.25) is 0 Å². The first-order valence-electron chi connectivity index (χ1n) is 5.40. The van der Waals surface area contributed by atoms with Crippen LogP contribution in [0.3, 0.4) is 0 Å². The second-order valence-corrected chi connectivity index (χ2v) is 5.90. The van der Waals surface area contributed by atoms with E-state index in [1.165, 1.54) is 12.1 Å². The van der Waals surface area contributed by atoms with Gasteiger partial charge in [0, 0.05) is 4.83 Å². The van der Waals surface area contributed by atoms with E-state index in [1.807, 2.05) is 0 Å². The van der Waals surface area contributed by atoms with Gasteiger partial charge >= 0.3 is 0 Å². The zero-order valence-electron chi connectivity index (χ0n) is 9.34. The van der Waals surface area contributed by atoms with Crippen molar-refractivity contribution in [3.63, 3.8) is 0 Å². The quantitative estimate of drug-likeness (QED) is 0.629. The Kier molecular flexibility index (Phi) is 4.51. The van der Waals surface area contributed by atoms with Crippen molar-refractivity contribution in [2.45, 2.75) is 11.2 Å². The highest BCUT2D eigenvalue weighted by Gasteiger charge is 2.12. The predicted molar refractivity (Wildman–Crippen MR) is 75.9 cm³/mol. The molecule has 0 amide bonds. The highest BCUT2D eigenvalue weighted by molar-refractivity contribution is 9.10. The van der Waals surface area contributed by atoms with Gasteiger partial charge in [0.1, 0.15) is 11.6 Å². The predicted octanol–water partition coefficient (Wildman–Crippen LogP) is 5.41. The van der Waals surface area contributed by atoms with Gasteiger partial charge in [0.05, 0.1) is 4.47 Å². The summed E-state index contributed by atoms with van der Waals surface area (Å²) in [6.45, 7) is 0. The van der Waals surface area contributed by atoms with Gasteiger partial charge in [-0.2, -0.15) is 0 Å². The van der Waals surface area contributed by atoms with Crippen LogP contribution in [-0.4, -0.2) is 0 Å². The molecule has 0 radical (unpaired) electrons. The molecular formula is C14H10Br2F2. The number of halogens is 4. The minimum atomic E-state index is -0.302. The molecule has 0 spiro atoms. The van der Waals surface area contributed by atoms with Crippen molar-refractivity contribution in [1.82, 2.24) is 0 Å². The minimum Gasteiger partial charge on any atom is -0.207 e. The third-order valence-electron chi connectivity index (χ3n) is 2.66. The average Bonchev–Trinajstić information content (AvgIpc) is 2.35. The molecule has 0 aliphatic carbocycles. The van der Waals surface area contributed by atoms with Crippen LogP contribution in [-0.2, 0) is 6.42 Å². The molecule has 1 atom stereocenters. The van der Waals surface area contributed by atoms with Crippen molar-refractivity contribution >= 4 is 31.9 Å². The van der Waals surface area contributed by atoms with Crippen molar-refractivity contribution in [2.75, 3.05) is 0 Å². The standard InChI is InChI=1S/C14H10Br2F2/c15-11(8-10-3-1-2-4-13(10)17)9-5-6-14(18)12(16)7-9/h1-7,11H,8H2. The van der Waals surface area contributed by atoms with Crippen molar-refractivity contribution in [1.29, 1.82) is 0 Å². The molecule has 0 bridgehead atoms. The van der Waals surface area contributed by atoms with Crippen molar-refractivity contribution < 1.29 is 8.78 Å². The molecular weight excluding hydrogens is 366 g/mol. The second kappa shape index (κ2) is 5.93. The molecule has 2 aromatic rings. The Morgan fingerprint density at radius 3 is 2.39 bits per heavy atom. The van der Waals surface area contributed by atoms with E-state index < -0.39 is 0 Å². The molecule has 0 saturated carbocycles. The van der Waals surface area contributed by atoms with E-state index in [1.54, 1.807) is 30.3 Å². The summed E-state index contributed by atoms with van der Waals surface area (Å²) in [6.07, 6.45) is 0.519. The van der Waals surface area contributed by atoms with E-state index in [0.29, 0.717) is 16.5 Å². The van der Waals surface area contributed by atoms with Crippen LogP contribution in [0.25, 0.3) is 0 Å². The molecule has 1 unspecified atom stereocenters. The van der Waals surface area contributed by atoms with Gasteiger partial charge in [0.2, 0.25) is 0 Å². The van der Waals surface area contributed by atoms with Crippen LogP contribution in [0.4, 0.5) is 8.78 Å². The number of hydrogen-bond donors (Lipinski definition) is 0. The highest BCUT2D eigenvalue weighted by atomic mass is 79.9. The molecule has 0 aromatic heterocycles. The lowest BCUT2D eigenvalue weighted by molar-refractivity contribution is 0.607. The Morgan fingerprint density at radius 2 is 1.72 bits per heavy atom. The van der Waals surface area contributed by atoms with E-state index in [2.05, 4.69) is 31.9 Å². The molecule has 0 N–H and O–H groups in total. The molecule has 0 aliphatic heterocycles. The van der Waals surface area contributed by atoms with Gasteiger partial charge < -0.3 is 0 Å². The van der Waals surface area contributed by atoms with Gasteiger partial charge in [-0.05, 0) is 51.7 Å². The maximum atomic E-state index is 13.5. The largest absolute Gasteiger partial charge is 0.207 e. The summed E-state index contributed by atoms with van der Waals surface area (Å²) in [4.78, 5) is -0.0497. The van der Waals surface area contributed by atoms with Crippen LogP contribution in [0.15, 0.2) is 46.9 Å². The maximum absolute atomic E-state index is 13.5. The monoisotopic (exact) mass is 374 g/mol. The van der Waals surface area contributed by atoms with Crippen LogP contribution < -0.4 is 0 Å². The van der Waals surface area contributed by atoms with E-state index in [4.69, 9.17) is 0 Å². The SMILES string of the molecule is Fc1ccc(C(Br)Cc2ccccc2F)cc1Br. The lowest BCUT2D eigenvalue weighted by atomic mass is 10.0. The fourth-order valence-corrected chi connectivity index (χ4v) is 2.71. The normalized spacial score (nSPS) is 12.4. The van der Waals surface area contributed by atoms with Crippen LogP contribution in [0.1, 0.15) is 16.0 Å². The molecule has 94 valence electrons. The Bertz CT molecular complexity index is 555. The molecule has 0 saturated heterocycles. The Balaban J connectivity index is 2.19. The Hall–Kier alpha value is -0.740. The van der Waals surface area contributed by atoms with E-state index in [-0.39, 0.29) is 16.5 Å². The summed E-state index contributed by atoms with van der Waals surface area (Å²) < 4.78 is 27.1. The van der Waals surface area contributed by atoms with Crippen LogP contribution >= 0.6 is 31.9 Å². The fraction of sp³-hybridized carbons (Fsp3) is 0.143. The van der Waals surface area contributed by atoms with Gasteiger partial charge in [0.25, 0.3) is 0 Å². The van der Waals surface area contributed by atoms with Gasteiger partial charge in [-0.3, -0.25) is 0 Å². The zero-order chi connectivity index (χ0) is 13.1. The Labute approximate surface area is 121 Å². The first-order chi connectivity index (χ1) is 8.58. The van der Waals surface area contributed by atoms with Crippen molar-refractivity contribution in [2.24, 2.45) is 0 Å². The summed E-state index contributed by atoms with van der Waals surface area (Å²) in [7, 11) is 0. The number of alkyl halides is 1. The van der Waals surface area contributed by atoms with Crippen LogP contribution in [0, 0.1) is 11.6 Å². The number of benzene rings is 2. The summed E-state index contributed by atoms with van der Waals surface area (Å²) in [5.41, 5.74) is 1.55. The van der Waals surface area contributed by atoms with Gasteiger partial charge in [-0.1, -0.05) is 40.2 Å². The summed E-state index contributed by atoms with van der Waals surface area (Å²) in [6, 6.07) is 11.5. The molecule has 2 aromatic carbocycles. The smallest absolute Gasteiger partial charge is 0.137 e. The van der Waals surface area contributed by atoms with E-state index in [9.17, 15) is 8.78 Å². The summed E-state index contributed by atoms with van der Waals surface area (Å²) >= 11 is 6.65. The molecule has 0 aliphatic rings. The maximum Gasteiger partial charge on any atom is 0.137 e. The Morgan fingerprint density at radius 1 is 1.00 bits per heavy atom. The highest BCUT2D eigenvalue weighted by Crippen LogP contribution is 2.30. The second-order valence-electron chi connectivity index (χ2n) is 3.94. The third kappa shape index (κ3) is 3.18. The first-order valence-corrected chi connectivity index (χ1v) is 7.11. The fourth-order valence-electron chi connectivity index (χ4n) is 1.68. The van der Waals surface area contributed by atoms with Crippen molar-refractivity contribution in [3.05, 3.63) is 69.7 Å². The number of hydrogen-bond acceptors (Lipinski definition) is 0. The molecule has 0 fully saturated rings. The lowest BCUT2D eigenvalue weighted by Crippen LogP contribution is -1.98. The van der Waals surface area contributed by atoms with E-state index in [0.717, 1.165) is 5.56 Å². The van der Waals surface area contributed by atoms with Crippen LogP contribution in [0.5, 0.6) is 0 Å². The van der Waals surface area contributed by atoms with Gasteiger partial charge in [-0.25, -0.2) is 8.78 Å². The van der Waals surface area contributed by atoms with Gasteiger partial charge in [-0.15, -0.1) is 0 Å². The van der Waals surface area contributed by atoms with E-state index >= 15 is 0 Å². The molecule has 2 rings (SSSR count). The first kappa shape index (κ1) is 13.7. The average molecular weight is 376 g/mol. The third-order valence-corrected chi connectivity index (χ3v) is 4.12.